The first-order valence-corrected chi connectivity index (χ1v) is 6.02. The van der Waals surface area contributed by atoms with Gasteiger partial charge in [-0.3, -0.25) is 4.79 Å². The fourth-order valence-electron chi connectivity index (χ4n) is 1.92. The summed E-state index contributed by atoms with van der Waals surface area (Å²) >= 11 is 0. The summed E-state index contributed by atoms with van der Waals surface area (Å²) in [6, 6.07) is 0. The van der Waals surface area contributed by atoms with Crippen molar-refractivity contribution in [1.82, 2.24) is 24.4 Å². The van der Waals surface area contributed by atoms with Crippen molar-refractivity contribution in [3.05, 3.63) is 24.5 Å². The Hall–Kier alpha value is -2.51. The molecule has 0 aromatic carbocycles. The van der Waals surface area contributed by atoms with E-state index in [1.807, 2.05) is 0 Å². The standard InChI is InChI=1S/C12H12FN5O2/c1-17-6-14-3-10(17)11-15-2-9(13)12(16-11)20-8-4-18(5-8)7-19/h2-3,6-8H,4-5H2,1H3. The molecular formula is C12H12FN5O2. The van der Waals surface area contributed by atoms with E-state index in [4.69, 9.17) is 4.74 Å². The Morgan fingerprint density at radius 1 is 1.45 bits per heavy atom. The molecule has 7 nitrogen and oxygen atoms in total. The number of imidazole rings is 1. The van der Waals surface area contributed by atoms with Crippen LogP contribution in [0.1, 0.15) is 0 Å². The normalized spacial score (nSPS) is 15.0. The Bertz CT molecular complexity index is 639. The lowest BCUT2D eigenvalue weighted by atomic mass is 10.2. The minimum absolute atomic E-state index is 0.105. The first kappa shape index (κ1) is 12.5. The van der Waals surface area contributed by atoms with Crippen LogP contribution in [0.2, 0.25) is 0 Å². The summed E-state index contributed by atoms with van der Waals surface area (Å²) in [5.41, 5.74) is 0.665. The maximum atomic E-state index is 13.7. The second-order valence-electron chi connectivity index (χ2n) is 4.54. The maximum Gasteiger partial charge on any atom is 0.254 e. The van der Waals surface area contributed by atoms with E-state index in [0.29, 0.717) is 24.6 Å². The van der Waals surface area contributed by atoms with Gasteiger partial charge in [0.2, 0.25) is 12.2 Å². The summed E-state index contributed by atoms with van der Waals surface area (Å²) in [6.45, 7) is 0.877. The van der Waals surface area contributed by atoms with Crippen LogP contribution >= 0.6 is 0 Å². The molecule has 0 atom stereocenters. The second kappa shape index (κ2) is 4.87. The molecular weight excluding hydrogens is 265 g/mol. The molecule has 2 aromatic rings. The first-order chi connectivity index (χ1) is 9.67. The van der Waals surface area contributed by atoms with Gasteiger partial charge in [0.1, 0.15) is 11.8 Å². The van der Waals surface area contributed by atoms with Crippen molar-refractivity contribution in [3.8, 4) is 17.4 Å². The number of rotatable bonds is 4. The Morgan fingerprint density at radius 2 is 2.25 bits per heavy atom. The highest BCUT2D eigenvalue weighted by Crippen LogP contribution is 2.22. The lowest BCUT2D eigenvalue weighted by molar-refractivity contribution is -0.126. The molecule has 3 heterocycles. The van der Waals surface area contributed by atoms with E-state index in [1.54, 1.807) is 24.1 Å². The smallest absolute Gasteiger partial charge is 0.254 e. The Labute approximate surface area is 114 Å². The van der Waals surface area contributed by atoms with Crippen LogP contribution < -0.4 is 4.74 Å². The second-order valence-corrected chi connectivity index (χ2v) is 4.54. The van der Waals surface area contributed by atoms with Crippen molar-refractivity contribution in [3.63, 3.8) is 0 Å². The summed E-state index contributed by atoms with van der Waals surface area (Å²) < 4.78 is 20.8. The molecule has 1 aliphatic heterocycles. The molecule has 0 spiro atoms. The van der Waals surface area contributed by atoms with Crippen molar-refractivity contribution in [2.45, 2.75) is 6.10 Å². The van der Waals surface area contributed by atoms with Gasteiger partial charge in [-0.05, 0) is 0 Å². The minimum Gasteiger partial charge on any atom is -0.468 e. The SMILES string of the molecule is Cn1cncc1-c1ncc(F)c(OC2CN(C=O)C2)n1. The van der Waals surface area contributed by atoms with Crippen LogP contribution in [0.4, 0.5) is 4.39 Å². The number of amides is 1. The zero-order valence-corrected chi connectivity index (χ0v) is 10.7. The van der Waals surface area contributed by atoms with Crippen LogP contribution in [0.5, 0.6) is 5.88 Å². The highest BCUT2D eigenvalue weighted by atomic mass is 19.1. The molecule has 1 saturated heterocycles. The summed E-state index contributed by atoms with van der Waals surface area (Å²) in [6.07, 6.45) is 4.77. The fraction of sp³-hybridized carbons (Fsp3) is 0.333. The predicted octanol–water partition coefficient (Wildman–Crippen LogP) is 0.236. The van der Waals surface area contributed by atoms with Crippen LogP contribution in [0, 0.1) is 5.82 Å². The topological polar surface area (TPSA) is 73.1 Å². The number of likely N-dealkylation sites (tertiary alicyclic amines) is 1. The van der Waals surface area contributed by atoms with E-state index in [0.717, 1.165) is 12.6 Å². The quantitative estimate of drug-likeness (QED) is 0.748. The molecule has 0 bridgehead atoms. The summed E-state index contributed by atoms with van der Waals surface area (Å²) in [7, 11) is 1.80. The van der Waals surface area contributed by atoms with Crippen LogP contribution in [0.25, 0.3) is 11.5 Å². The van der Waals surface area contributed by atoms with Crippen molar-refractivity contribution < 1.29 is 13.9 Å². The van der Waals surface area contributed by atoms with Crippen molar-refractivity contribution in [2.24, 2.45) is 7.05 Å². The molecule has 1 fully saturated rings. The van der Waals surface area contributed by atoms with Crippen LogP contribution in [-0.2, 0) is 11.8 Å². The Balaban J connectivity index is 1.81. The van der Waals surface area contributed by atoms with E-state index < -0.39 is 5.82 Å². The number of carbonyl (C=O) groups is 1. The average Bonchev–Trinajstić information content (AvgIpc) is 2.81. The van der Waals surface area contributed by atoms with Gasteiger partial charge < -0.3 is 14.2 Å². The van der Waals surface area contributed by atoms with Gasteiger partial charge in [0.15, 0.2) is 5.82 Å². The Kier molecular flexibility index (Phi) is 3.05. The van der Waals surface area contributed by atoms with Gasteiger partial charge in [0, 0.05) is 7.05 Å². The summed E-state index contributed by atoms with van der Waals surface area (Å²) in [5, 5.41) is 0. The van der Waals surface area contributed by atoms with Crippen molar-refractivity contribution >= 4 is 6.41 Å². The molecule has 0 N–H and O–H groups in total. The molecule has 3 rings (SSSR count). The number of hydrogen-bond donors (Lipinski definition) is 0. The maximum absolute atomic E-state index is 13.7. The summed E-state index contributed by atoms with van der Waals surface area (Å²) in [5.74, 6) is -0.389. The van der Waals surface area contributed by atoms with Crippen LogP contribution in [0.3, 0.4) is 0 Å². The third-order valence-corrected chi connectivity index (χ3v) is 3.06. The average molecular weight is 277 g/mol. The van der Waals surface area contributed by atoms with E-state index in [9.17, 15) is 9.18 Å². The van der Waals surface area contributed by atoms with Gasteiger partial charge in [0.05, 0.1) is 31.8 Å². The van der Waals surface area contributed by atoms with Gasteiger partial charge in [-0.15, -0.1) is 0 Å². The third kappa shape index (κ3) is 2.20. The fourth-order valence-corrected chi connectivity index (χ4v) is 1.92. The third-order valence-electron chi connectivity index (χ3n) is 3.06. The predicted molar refractivity (Wildman–Crippen MR) is 66.2 cm³/mol. The van der Waals surface area contributed by atoms with Gasteiger partial charge in [-0.2, -0.15) is 9.37 Å². The zero-order valence-electron chi connectivity index (χ0n) is 10.7. The molecule has 8 heteroatoms. The molecule has 0 unspecified atom stereocenters. The highest BCUT2D eigenvalue weighted by Gasteiger charge is 2.28. The number of hydrogen-bond acceptors (Lipinski definition) is 5. The number of carbonyl (C=O) groups excluding carboxylic acids is 1. The van der Waals surface area contributed by atoms with Gasteiger partial charge in [-0.1, -0.05) is 0 Å². The molecule has 104 valence electrons. The monoisotopic (exact) mass is 277 g/mol. The number of aryl methyl sites for hydroxylation is 1. The molecule has 1 aliphatic rings. The van der Waals surface area contributed by atoms with Gasteiger partial charge >= 0.3 is 0 Å². The number of aromatic nitrogens is 4. The van der Waals surface area contributed by atoms with Gasteiger partial charge in [0.25, 0.3) is 5.88 Å². The number of halogens is 1. The van der Waals surface area contributed by atoms with Crippen molar-refractivity contribution in [1.29, 1.82) is 0 Å². The molecule has 1 amide bonds. The molecule has 0 radical (unpaired) electrons. The van der Waals surface area contributed by atoms with E-state index in [-0.39, 0.29) is 12.0 Å². The zero-order chi connectivity index (χ0) is 14.1. The number of ether oxygens (including phenoxy) is 1. The lowest BCUT2D eigenvalue weighted by Crippen LogP contribution is -2.53. The van der Waals surface area contributed by atoms with Crippen LogP contribution in [-0.4, -0.2) is 50.0 Å². The van der Waals surface area contributed by atoms with E-state index >= 15 is 0 Å². The molecule has 2 aromatic heterocycles. The van der Waals surface area contributed by atoms with E-state index in [2.05, 4.69) is 15.0 Å². The summed E-state index contributed by atoms with van der Waals surface area (Å²) in [4.78, 5) is 24.0. The van der Waals surface area contributed by atoms with Crippen molar-refractivity contribution in [2.75, 3.05) is 13.1 Å². The van der Waals surface area contributed by atoms with Crippen LogP contribution in [0.15, 0.2) is 18.7 Å². The lowest BCUT2D eigenvalue weighted by Gasteiger charge is -2.35. The molecule has 20 heavy (non-hydrogen) atoms. The first-order valence-electron chi connectivity index (χ1n) is 6.02. The Morgan fingerprint density at radius 3 is 2.90 bits per heavy atom. The largest absolute Gasteiger partial charge is 0.468 e. The molecule has 0 saturated carbocycles. The van der Waals surface area contributed by atoms with E-state index in [1.165, 1.54) is 4.90 Å². The number of nitrogens with zero attached hydrogens (tertiary/aromatic N) is 5. The molecule has 0 aliphatic carbocycles. The minimum atomic E-state index is -0.625. The van der Waals surface area contributed by atoms with Gasteiger partial charge in [-0.25, -0.2) is 9.97 Å². The highest BCUT2D eigenvalue weighted by molar-refractivity contribution is 5.50.